The summed E-state index contributed by atoms with van der Waals surface area (Å²) in [6.45, 7) is 1.74. The van der Waals surface area contributed by atoms with E-state index >= 15 is 0 Å². The summed E-state index contributed by atoms with van der Waals surface area (Å²) in [5.74, 6) is -0.800. The van der Waals surface area contributed by atoms with Gasteiger partial charge in [0.25, 0.3) is 0 Å². The van der Waals surface area contributed by atoms with Gasteiger partial charge in [-0.1, -0.05) is 12.1 Å². The average molecular weight is 437 g/mol. The molecule has 0 bridgehead atoms. The molecule has 0 saturated carbocycles. The molecule has 0 radical (unpaired) electrons. The third kappa shape index (κ3) is 4.33. The first-order chi connectivity index (χ1) is 15.3. The Morgan fingerprint density at radius 2 is 1.88 bits per heavy atom. The zero-order chi connectivity index (χ0) is 22.8. The van der Waals surface area contributed by atoms with Crippen molar-refractivity contribution in [1.29, 1.82) is 0 Å². The number of halogens is 2. The van der Waals surface area contributed by atoms with E-state index in [0.29, 0.717) is 27.8 Å². The summed E-state index contributed by atoms with van der Waals surface area (Å²) in [5, 5.41) is 3.61. The number of rotatable bonds is 7. The predicted molar refractivity (Wildman–Crippen MR) is 125 cm³/mol. The standard InChI is InChI=1S/C23H25F2N7/c1-31(2)9-10-32(3)20-8-7-14(11-19(20)26)29-23-28-13-18(25)22(30-23)16-12-27-21-15(16)5-4-6-17(21)24/h4-8,11-13,27H,9-10,26H2,1-3H3,(H,28,29,30). The Kier molecular flexibility index (Phi) is 5.91. The first-order valence-corrected chi connectivity index (χ1v) is 10.1. The van der Waals surface area contributed by atoms with Crippen LogP contribution in [0.15, 0.2) is 48.8 Å². The maximum absolute atomic E-state index is 14.5. The van der Waals surface area contributed by atoms with E-state index in [0.717, 1.165) is 25.0 Å². The second-order valence-electron chi connectivity index (χ2n) is 7.88. The minimum absolute atomic E-state index is 0.0763. The van der Waals surface area contributed by atoms with Crippen LogP contribution in [0.4, 0.5) is 31.8 Å². The summed E-state index contributed by atoms with van der Waals surface area (Å²) in [4.78, 5) is 15.4. The van der Waals surface area contributed by atoms with E-state index in [-0.39, 0.29) is 11.6 Å². The van der Waals surface area contributed by atoms with Gasteiger partial charge >= 0.3 is 0 Å². The van der Waals surface area contributed by atoms with Crippen molar-refractivity contribution in [2.24, 2.45) is 0 Å². The quantitative estimate of drug-likeness (QED) is 0.375. The van der Waals surface area contributed by atoms with Gasteiger partial charge in [0.2, 0.25) is 5.95 Å². The Hall–Kier alpha value is -3.72. The Bertz CT molecular complexity index is 1250. The number of nitrogens with one attached hydrogen (secondary N) is 2. The molecule has 0 fully saturated rings. The van der Waals surface area contributed by atoms with Crippen LogP contribution >= 0.6 is 0 Å². The minimum Gasteiger partial charge on any atom is -0.397 e. The molecule has 2 aromatic carbocycles. The van der Waals surface area contributed by atoms with Crippen molar-refractivity contribution in [3.8, 4) is 11.3 Å². The molecular formula is C23H25F2N7. The van der Waals surface area contributed by atoms with Gasteiger partial charge in [0.15, 0.2) is 5.82 Å². The molecule has 0 atom stereocenters. The fourth-order valence-corrected chi connectivity index (χ4v) is 3.51. The van der Waals surface area contributed by atoms with Crippen LogP contribution in [0.25, 0.3) is 22.2 Å². The highest BCUT2D eigenvalue weighted by Crippen LogP contribution is 2.31. The number of anilines is 4. The fraction of sp³-hybridized carbons (Fsp3) is 0.217. The zero-order valence-electron chi connectivity index (χ0n) is 18.2. The summed E-state index contributed by atoms with van der Waals surface area (Å²) >= 11 is 0. The van der Waals surface area contributed by atoms with Crippen LogP contribution in [0.1, 0.15) is 0 Å². The third-order valence-corrected chi connectivity index (χ3v) is 5.24. The molecule has 32 heavy (non-hydrogen) atoms. The van der Waals surface area contributed by atoms with Crippen LogP contribution in [-0.4, -0.2) is 54.1 Å². The van der Waals surface area contributed by atoms with Crippen molar-refractivity contribution in [3.05, 3.63) is 60.4 Å². The number of aromatic amines is 1. The zero-order valence-corrected chi connectivity index (χ0v) is 18.2. The smallest absolute Gasteiger partial charge is 0.227 e. The molecular weight excluding hydrogens is 412 g/mol. The second kappa shape index (κ2) is 8.80. The molecule has 4 aromatic rings. The predicted octanol–water partition coefficient (Wildman–Crippen LogP) is 4.23. The molecule has 0 spiro atoms. The lowest BCUT2D eigenvalue weighted by Crippen LogP contribution is -2.28. The van der Waals surface area contributed by atoms with Gasteiger partial charge in [0.1, 0.15) is 11.5 Å². The highest BCUT2D eigenvalue weighted by molar-refractivity contribution is 5.95. The van der Waals surface area contributed by atoms with Crippen molar-refractivity contribution < 1.29 is 8.78 Å². The molecule has 2 heterocycles. The van der Waals surface area contributed by atoms with Gasteiger partial charge in [-0.05, 0) is 38.4 Å². The first-order valence-electron chi connectivity index (χ1n) is 10.1. The second-order valence-corrected chi connectivity index (χ2v) is 7.88. The van der Waals surface area contributed by atoms with E-state index < -0.39 is 11.6 Å². The van der Waals surface area contributed by atoms with Crippen molar-refractivity contribution >= 4 is 33.9 Å². The molecule has 0 saturated heterocycles. The normalized spacial score (nSPS) is 11.3. The Labute approximate surface area is 184 Å². The molecule has 4 N–H and O–H groups in total. The Morgan fingerprint density at radius 1 is 1.06 bits per heavy atom. The summed E-state index contributed by atoms with van der Waals surface area (Å²) in [6, 6.07) is 10.2. The van der Waals surface area contributed by atoms with Crippen LogP contribution in [-0.2, 0) is 0 Å². The number of hydrogen-bond acceptors (Lipinski definition) is 6. The van der Waals surface area contributed by atoms with Crippen LogP contribution in [0.3, 0.4) is 0 Å². The molecule has 0 amide bonds. The molecule has 4 rings (SSSR count). The number of nitrogen functional groups attached to an aromatic ring is 1. The number of fused-ring (bicyclic) bond motifs is 1. The van der Waals surface area contributed by atoms with Gasteiger partial charge < -0.3 is 25.8 Å². The van der Waals surface area contributed by atoms with Crippen LogP contribution in [0.5, 0.6) is 0 Å². The lowest BCUT2D eigenvalue weighted by molar-refractivity contribution is 0.416. The van der Waals surface area contributed by atoms with Crippen LogP contribution in [0, 0.1) is 11.6 Å². The van der Waals surface area contributed by atoms with Gasteiger partial charge in [-0.2, -0.15) is 0 Å². The Morgan fingerprint density at radius 3 is 2.62 bits per heavy atom. The number of H-pyrrole nitrogens is 1. The minimum atomic E-state index is -0.599. The molecule has 7 nitrogen and oxygen atoms in total. The van der Waals surface area contributed by atoms with Gasteiger partial charge in [-0.25, -0.2) is 18.7 Å². The Balaban J connectivity index is 1.59. The topological polar surface area (TPSA) is 86.1 Å². The van der Waals surface area contributed by atoms with E-state index in [4.69, 9.17) is 5.73 Å². The average Bonchev–Trinajstić information content (AvgIpc) is 3.19. The number of likely N-dealkylation sites (N-methyl/N-ethyl adjacent to an activating group) is 2. The maximum atomic E-state index is 14.5. The molecule has 0 unspecified atom stereocenters. The molecule has 166 valence electrons. The van der Waals surface area contributed by atoms with Gasteiger partial charge in [0, 0.05) is 43.0 Å². The number of para-hydroxylation sites is 1. The third-order valence-electron chi connectivity index (χ3n) is 5.24. The van der Waals surface area contributed by atoms with Crippen LogP contribution in [0.2, 0.25) is 0 Å². The highest BCUT2D eigenvalue weighted by Gasteiger charge is 2.16. The van der Waals surface area contributed by atoms with E-state index in [1.165, 1.54) is 6.07 Å². The lowest BCUT2D eigenvalue weighted by Gasteiger charge is -2.23. The molecule has 0 aliphatic carbocycles. The largest absolute Gasteiger partial charge is 0.397 e. The van der Waals surface area contributed by atoms with Gasteiger partial charge in [0.05, 0.1) is 23.1 Å². The first kappa shape index (κ1) is 21.5. The fourth-order valence-electron chi connectivity index (χ4n) is 3.51. The molecule has 9 heteroatoms. The van der Waals surface area contributed by atoms with Gasteiger partial charge in [-0.15, -0.1) is 0 Å². The van der Waals surface area contributed by atoms with E-state index in [2.05, 4.69) is 30.1 Å². The SMILES string of the molecule is CN(C)CCN(C)c1ccc(Nc2ncc(F)c(-c3c[nH]c4c(F)cccc34)n2)cc1N. The number of benzene rings is 2. The van der Waals surface area contributed by atoms with Crippen molar-refractivity contribution in [2.75, 3.05) is 50.2 Å². The lowest BCUT2D eigenvalue weighted by atomic mass is 10.1. The monoisotopic (exact) mass is 437 g/mol. The summed E-state index contributed by atoms with van der Waals surface area (Å²) in [5.41, 5.74) is 9.29. The van der Waals surface area contributed by atoms with Crippen molar-refractivity contribution in [3.63, 3.8) is 0 Å². The van der Waals surface area contributed by atoms with Crippen molar-refractivity contribution in [2.45, 2.75) is 0 Å². The summed E-state index contributed by atoms with van der Waals surface area (Å²) < 4.78 is 28.6. The molecule has 2 aromatic heterocycles. The number of nitrogens with two attached hydrogens (primary N) is 1. The van der Waals surface area contributed by atoms with E-state index in [1.54, 1.807) is 24.4 Å². The maximum Gasteiger partial charge on any atom is 0.227 e. The number of nitrogens with zero attached hydrogens (tertiary/aromatic N) is 4. The number of hydrogen-bond donors (Lipinski definition) is 3. The van der Waals surface area contributed by atoms with E-state index in [9.17, 15) is 8.78 Å². The summed E-state index contributed by atoms with van der Waals surface area (Å²) in [7, 11) is 6.03. The van der Waals surface area contributed by atoms with E-state index in [1.807, 2.05) is 33.3 Å². The number of aromatic nitrogens is 3. The van der Waals surface area contributed by atoms with Gasteiger partial charge in [-0.3, -0.25) is 0 Å². The summed E-state index contributed by atoms with van der Waals surface area (Å²) in [6.07, 6.45) is 2.63. The van der Waals surface area contributed by atoms with Crippen LogP contribution < -0.4 is 16.0 Å². The van der Waals surface area contributed by atoms with Crippen molar-refractivity contribution in [1.82, 2.24) is 19.9 Å². The molecule has 0 aliphatic rings. The highest BCUT2D eigenvalue weighted by atomic mass is 19.1. The molecule has 0 aliphatic heterocycles.